The van der Waals surface area contributed by atoms with Crippen LogP contribution in [0.3, 0.4) is 0 Å². The molecule has 0 aliphatic carbocycles. The fourth-order valence-electron chi connectivity index (χ4n) is 2.02. The molecule has 0 amide bonds. The van der Waals surface area contributed by atoms with Crippen molar-refractivity contribution in [1.29, 1.82) is 0 Å². The van der Waals surface area contributed by atoms with E-state index in [0.717, 1.165) is 0 Å². The summed E-state index contributed by atoms with van der Waals surface area (Å²) in [5, 5.41) is 2.65. The standard InChI is InChI=1S/C15H11.3ClH.Ti/c1-2-6-12(7-3-1)15-11-10-13-8-4-5-9-14(13)15;;;;/h1-11H;3*1H;/q-1;;;;. The Morgan fingerprint density at radius 2 is 1.21 bits per heavy atom. The van der Waals surface area contributed by atoms with E-state index in [1.54, 1.807) is 0 Å². The van der Waals surface area contributed by atoms with Gasteiger partial charge in [0, 0.05) is 21.7 Å². The van der Waals surface area contributed by atoms with Gasteiger partial charge >= 0.3 is 0 Å². The predicted molar refractivity (Wildman–Crippen MR) is 86.7 cm³/mol. The quantitative estimate of drug-likeness (QED) is 0.403. The first-order valence-electron chi connectivity index (χ1n) is 5.15. The fourth-order valence-corrected chi connectivity index (χ4v) is 2.02. The molecule has 0 radical (unpaired) electrons. The first-order valence-corrected chi connectivity index (χ1v) is 5.15. The Balaban J connectivity index is 0. The molecule has 0 atom stereocenters. The van der Waals surface area contributed by atoms with Gasteiger partial charge in [0.2, 0.25) is 0 Å². The Morgan fingerprint density at radius 3 is 1.89 bits per heavy atom. The van der Waals surface area contributed by atoms with Crippen LogP contribution in [0.15, 0.2) is 66.7 Å². The topological polar surface area (TPSA) is 0 Å². The number of rotatable bonds is 1. The molecule has 0 unspecified atom stereocenters. The van der Waals surface area contributed by atoms with Gasteiger partial charge in [0.1, 0.15) is 0 Å². The molecule has 0 spiro atoms. The number of hydrogen-bond acceptors (Lipinski definition) is 0. The molecule has 4 heteroatoms. The Labute approximate surface area is 147 Å². The van der Waals surface area contributed by atoms with Gasteiger partial charge in [-0.15, -0.1) is 73.1 Å². The number of benzene rings is 2. The third-order valence-electron chi connectivity index (χ3n) is 2.77. The van der Waals surface area contributed by atoms with Crippen LogP contribution < -0.4 is 0 Å². The molecule has 0 saturated heterocycles. The monoisotopic (exact) mass is 347 g/mol. The van der Waals surface area contributed by atoms with Crippen LogP contribution in [0, 0.1) is 0 Å². The van der Waals surface area contributed by atoms with Crippen molar-refractivity contribution < 1.29 is 21.7 Å². The molecule has 3 rings (SSSR count). The summed E-state index contributed by atoms with van der Waals surface area (Å²) in [5.74, 6) is 0. The second kappa shape index (κ2) is 9.52. The van der Waals surface area contributed by atoms with Gasteiger partial charge in [-0.3, -0.25) is 0 Å². The summed E-state index contributed by atoms with van der Waals surface area (Å²) in [4.78, 5) is 0. The molecule has 0 N–H and O–H groups in total. The SMILES string of the molecule is Cl.Cl.Cl.[Ti].c1ccc(-[c-]2ccc3ccccc32)cc1. The Bertz CT molecular complexity index is 590. The number of halogens is 3. The van der Waals surface area contributed by atoms with E-state index in [1.165, 1.54) is 21.9 Å². The van der Waals surface area contributed by atoms with E-state index in [-0.39, 0.29) is 58.9 Å². The van der Waals surface area contributed by atoms with Crippen LogP contribution in [-0.4, -0.2) is 0 Å². The molecule has 0 aliphatic heterocycles. The predicted octanol–water partition coefficient (Wildman–Crippen LogP) is 5.49. The molecule has 3 aromatic rings. The first-order chi connectivity index (χ1) is 7.45. The molecule has 0 aliphatic rings. The van der Waals surface area contributed by atoms with Crippen molar-refractivity contribution >= 4 is 48.0 Å². The summed E-state index contributed by atoms with van der Waals surface area (Å²) in [6.45, 7) is 0. The molecule has 0 heterocycles. The molecule has 0 aromatic heterocycles. The third-order valence-corrected chi connectivity index (χ3v) is 2.77. The van der Waals surface area contributed by atoms with Crippen LogP contribution in [0.4, 0.5) is 0 Å². The van der Waals surface area contributed by atoms with Crippen molar-refractivity contribution in [2.45, 2.75) is 0 Å². The summed E-state index contributed by atoms with van der Waals surface area (Å²) in [6, 6.07) is 23.4. The minimum absolute atomic E-state index is 0. The number of fused-ring (bicyclic) bond motifs is 1. The zero-order chi connectivity index (χ0) is 10.1. The van der Waals surface area contributed by atoms with Crippen molar-refractivity contribution in [1.82, 2.24) is 0 Å². The van der Waals surface area contributed by atoms with E-state index in [0.29, 0.717) is 0 Å². The molecule has 0 bridgehead atoms. The van der Waals surface area contributed by atoms with Crippen molar-refractivity contribution in [2.75, 3.05) is 0 Å². The molecule has 0 fully saturated rings. The molecular weight excluding hydrogens is 334 g/mol. The smallest absolute Gasteiger partial charge is 0 e. The van der Waals surface area contributed by atoms with E-state index >= 15 is 0 Å². The zero-order valence-corrected chi connectivity index (χ0v) is 14.1. The van der Waals surface area contributed by atoms with Gasteiger partial charge in [0.25, 0.3) is 0 Å². The minimum atomic E-state index is 0. The molecular formula is C15H14Cl3Ti-. The van der Waals surface area contributed by atoms with Gasteiger partial charge in [-0.2, -0.15) is 0 Å². The van der Waals surface area contributed by atoms with Gasteiger partial charge in [-0.05, 0) is 0 Å². The maximum absolute atomic E-state index is 2.19. The van der Waals surface area contributed by atoms with Gasteiger partial charge in [0.05, 0.1) is 0 Å². The molecule has 0 nitrogen and oxygen atoms in total. The fraction of sp³-hybridized carbons (Fsp3) is 0. The molecule has 0 saturated carbocycles. The van der Waals surface area contributed by atoms with Crippen molar-refractivity contribution in [2.24, 2.45) is 0 Å². The van der Waals surface area contributed by atoms with E-state index in [4.69, 9.17) is 0 Å². The van der Waals surface area contributed by atoms with E-state index in [2.05, 4.69) is 66.7 Å². The maximum atomic E-state index is 2.19. The summed E-state index contributed by atoms with van der Waals surface area (Å²) in [7, 11) is 0. The summed E-state index contributed by atoms with van der Waals surface area (Å²) < 4.78 is 0. The Hall–Kier alpha value is -0.366. The average molecular weight is 349 g/mol. The van der Waals surface area contributed by atoms with E-state index in [9.17, 15) is 0 Å². The second-order valence-electron chi connectivity index (χ2n) is 3.70. The first kappa shape index (κ1) is 20.9. The Kier molecular flexibility index (Phi) is 10.5. The van der Waals surface area contributed by atoms with Crippen molar-refractivity contribution in [3.8, 4) is 11.1 Å². The second-order valence-corrected chi connectivity index (χ2v) is 3.70. The minimum Gasteiger partial charge on any atom is -0.147 e. The van der Waals surface area contributed by atoms with Crippen LogP contribution in [0.25, 0.3) is 21.9 Å². The van der Waals surface area contributed by atoms with Gasteiger partial charge in [-0.25, -0.2) is 0 Å². The van der Waals surface area contributed by atoms with Crippen molar-refractivity contribution in [3.05, 3.63) is 66.7 Å². The third kappa shape index (κ3) is 4.31. The maximum Gasteiger partial charge on any atom is 0 e. The summed E-state index contributed by atoms with van der Waals surface area (Å²) in [5.41, 5.74) is 2.62. The van der Waals surface area contributed by atoms with Crippen LogP contribution in [-0.2, 0) is 21.7 Å². The Morgan fingerprint density at radius 1 is 0.632 bits per heavy atom. The molecule has 19 heavy (non-hydrogen) atoms. The average Bonchev–Trinajstić information content (AvgIpc) is 2.74. The molecule has 100 valence electrons. The largest absolute Gasteiger partial charge is 0.147 e. The van der Waals surface area contributed by atoms with Gasteiger partial charge < -0.3 is 0 Å². The van der Waals surface area contributed by atoms with Crippen molar-refractivity contribution in [3.63, 3.8) is 0 Å². The van der Waals surface area contributed by atoms with Crippen LogP contribution in [0.5, 0.6) is 0 Å². The van der Waals surface area contributed by atoms with E-state index < -0.39 is 0 Å². The van der Waals surface area contributed by atoms with Crippen LogP contribution in [0.2, 0.25) is 0 Å². The van der Waals surface area contributed by atoms with Gasteiger partial charge in [0.15, 0.2) is 0 Å². The van der Waals surface area contributed by atoms with Gasteiger partial charge in [-0.1, -0.05) is 52.7 Å². The summed E-state index contributed by atoms with van der Waals surface area (Å²) in [6.07, 6.45) is 0. The zero-order valence-electron chi connectivity index (χ0n) is 10.1. The van der Waals surface area contributed by atoms with Crippen LogP contribution in [0.1, 0.15) is 0 Å². The van der Waals surface area contributed by atoms with Crippen LogP contribution >= 0.6 is 37.2 Å². The van der Waals surface area contributed by atoms with E-state index in [1.807, 2.05) is 0 Å². The molecule has 3 aromatic carbocycles. The number of hydrogen-bond donors (Lipinski definition) is 0. The summed E-state index contributed by atoms with van der Waals surface area (Å²) >= 11 is 0. The normalized spacial score (nSPS) is 8.42.